The molecule has 2 rings (SSSR count). The number of ether oxygens (including phenoxy) is 2. The fourth-order valence-corrected chi connectivity index (χ4v) is 2.85. The molecule has 0 bridgehead atoms. The summed E-state index contributed by atoms with van der Waals surface area (Å²) in [5, 5.41) is 0. The molecule has 2 aromatic carbocycles. The van der Waals surface area contributed by atoms with Gasteiger partial charge in [0.15, 0.2) is 0 Å². The molecule has 0 aliphatic rings. The molecule has 0 saturated heterocycles. The van der Waals surface area contributed by atoms with E-state index < -0.39 is 0 Å². The number of amides is 1. The standard InChI is InChI=1S/C19H21BrFNO3/c1-22(11-12-25-16-7-5-15(21)6-8-16)19(23)10-4-14-3-9-18(24-2)17(20)13-14/h3,5-9,13H,4,10-12H2,1-2H3. The number of likely N-dealkylation sites (N-methyl/N-ethyl adjacent to an activating group) is 1. The zero-order valence-corrected chi connectivity index (χ0v) is 15.9. The monoisotopic (exact) mass is 409 g/mol. The average molecular weight is 410 g/mol. The van der Waals surface area contributed by atoms with E-state index in [1.807, 2.05) is 18.2 Å². The Morgan fingerprint density at radius 2 is 1.92 bits per heavy atom. The summed E-state index contributed by atoms with van der Waals surface area (Å²) in [5.74, 6) is 1.11. The smallest absolute Gasteiger partial charge is 0.222 e. The Morgan fingerprint density at radius 1 is 1.20 bits per heavy atom. The second kappa shape index (κ2) is 9.42. The van der Waals surface area contributed by atoms with Crippen LogP contribution in [0.5, 0.6) is 11.5 Å². The number of nitrogens with zero attached hydrogens (tertiary/aromatic N) is 1. The zero-order valence-electron chi connectivity index (χ0n) is 14.3. The van der Waals surface area contributed by atoms with E-state index in [1.165, 1.54) is 12.1 Å². The molecule has 2 aromatic rings. The van der Waals surface area contributed by atoms with Crippen LogP contribution in [-0.2, 0) is 11.2 Å². The van der Waals surface area contributed by atoms with Gasteiger partial charge in [0.25, 0.3) is 0 Å². The number of hydrogen-bond acceptors (Lipinski definition) is 3. The second-order valence-corrected chi connectivity index (χ2v) is 6.44. The van der Waals surface area contributed by atoms with Crippen molar-refractivity contribution >= 4 is 21.8 Å². The first kappa shape index (κ1) is 19.2. The molecule has 6 heteroatoms. The minimum atomic E-state index is -0.301. The van der Waals surface area contributed by atoms with Crippen LogP contribution in [0.2, 0.25) is 0 Å². The van der Waals surface area contributed by atoms with Gasteiger partial charge >= 0.3 is 0 Å². The second-order valence-electron chi connectivity index (χ2n) is 5.59. The summed E-state index contributed by atoms with van der Waals surface area (Å²) in [6.07, 6.45) is 1.08. The molecule has 0 fully saturated rings. The van der Waals surface area contributed by atoms with Crippen LogP contribution in [0, 0.1) is 5.82 Å². The lowest BCUT2D eigenvalue weighted by Crippen LogP contribution is -2.31. The average Bonchev–Trinajstić information content (AvgIpc) is 2.61. The summed E-state index contributed by atoms with van der Waals surface area (Å²) in [5.41, 5.74) is 1.07. The Labute approximate surface area is 155 Å². The van der Waals surface area contributed by atoms with Crippen molar-refractivity contribution in [3.63, 3.8) is 0 Å². The maximum absolute atomic E-state index is 12.8. The summed E-state index contributed by atoms with van der Waals surface area (Å²) in [6, 6.07) is 11.6. The first-order valence-electron chi connectivity index (χ1n) is 7.94. The van der Waals surface area contributed by atoms with Crippen molar-refractivity contribution in [2.45, 2.75) is 12.8 Å². The number of carbonyl (C=O) groups excluding carboxylic acids is 1. The number of hydrogen-bond donors (Lipinski definition) is 0. The maximum atomic E-state index is 12.8. The lowest BCUT2D eigenvalue weighted by Gasteiger charge is -2.17. The van der Waals surface area contributed by atoms with Gasteiger partial charge in [0.05, 0.1) is 18.1 Å². The molecule has 0 aliphatic heterocycles. The molecular formula is C19H21BrFNO3. The minimum Gasteiger partial charge on any atom is -0.496 e. The molecule has 4 nitrogen and oxygen atoms in total. The molecule has 0 N–H and O–H groups in total. The normalized spacial score (nSPS) is 10.4. The predicted molar refractivity (Wildman–Crippen MR) is 98.5 cm³/mol. The van der Waals surface area contributed by atoms with Crippen LogP contribution in [-0.4, -0.2) is 38.1 Å². The number of aryl methyl sites for hydroxylation is 1. The van der Waals surface area contributed by atoms with Crippen LogP contribution in [0.15, 0.2) is 46.9 Å². The fraction of sp³-hybridized carbons (Fsp3) is 0.316. The van der Waals surface area contributed by atoms with E-state index in [0.717, 1.165) is 15.8 Å². The van der Waals surface area contributed by atoms with Crippen LogP contribution < -0.4 is 9.47 Å². The highest BCUT2D eigenvalue weighted by Gasteiger charge is 2.10. The summed E-state index contributed by atoms with van der Waals surface area (Å²) in [6.45, 7) is 0.838. The minimum absolute atomic E-state index is 0.0506. The lowest BCUT2D eigenvalue weighted by atomic mass is 10.1. The third kappa shape index (κ3) is 6.05. The Morgan fingerprint density at radius 3 is 2.56 bits per heavy atom. The van der Waals surface area contributed by atoms with Crippen LogP contribution in [0.1, 0.15) is 12.0 Å². The highest BCUT2D eigenvalue weighted by molar-refractivity contribution is 9.10. The van der Waals surface area contributed by atoms with E-state index in [1.54, 1.807) is 31.2 Å². The van der Waals surface area contributed by atoms with Gasteiger partial charge in [-0.05, 0) is 64.3 Å². The number of rotatable bonds is 8. The molecule has 0 heterocycles. The van der Waals surface area contributed by atoms with Crippen molar-refractivity contribution in [3.05, 3.63) is 58.3 Å². The summed E-state index contributed by atoms with van der Waals surface area (Å²) in [7, 11) is 3.37. The van der Waals surface area contributed by atoms with E-state index in [2.05, 4.69) is 15.9 Å². The molecule has 0 spiro atoms. The third-order valence-electron chi connectivity index (χ3n) is 3.78. The molecule has 1 amide bonds. The Bertz CT molecular complexity index is 706. The van der Waals surface area contributed by atoms with E-state index in [-0.39, 0.29) is 11.7 Å². The van der Waals surface area contributed by atoms with E-state index in [0.29, 0.717) is 31.7 Å². The number of carbonyl (C=O) groups is 1. The molecule has 25 heavy (non-hydrogen) atoms. The SMILES string of the molecule is COc1ccc(CCC(=O)N(C)CCOc2ccc(F)cc2)cc1Br. The van der Waals surface area contributed by atoms with Gasteiger partial charge in [-0.2, -0.15) is 0 Å². The molecule has 0 aromatic heterocycles. The van der Waals surface area contributed by atoms with Crippen molar-refractivity contribution in [2.75, 3.05) is 27.3 Å². The third-order valence-corrected chi connectivity index (χ3v) is 4.40. The van der Waals surface area contributed by atoms with Gasteiger partial charge in [-0.3, -0.25) is 4.79 Å². The first-order valence-corrected chi connectivity index (χ1v) is 8.73. The van der Waals surface area contributed by atoms with E-state index >= 15 is 0 Å². The van der Waals surface area contributed by atoms with Crippen molar-refractivity contribution in [3.8, 4) is 11.5 Å². The van der Waals surface area contributed by atoms with Gasteiger partial charge in [0.1, 0.15) is 23.9 Å². The summed E-state index contributed by atoms with van der Waals surface area (Å²) in [4.78, 5) is 13.8. The van der Waals surface area contributed by atoms with Gasteiger partial charge in [0, 0.05) is 13.5 Å². The zero-order chi connectivity index (χ0) is 18.2. The highest BCUT2D eigenvalue weighted by atomic mass is 79.9. The molecular weight excluding hydrogens is 389 g/mol. The highest BCUT2D eigenvalue weighted by Crippen LogP contribution is 2.26. The fourth-order valence-electron chi connectivity index (χ4n) is 2.26. The Kier molecular flexibility index (Phi) is 7.25. The van der Waals surface area contributed by atoms with Crippen LogP contribution >= 0.6 is 15.9 Å². The summed E-state index contributed by atoms with van der Waals surface area (Å²) < 4.78 is 24.4. The predicted octanol–water partition coefficient (Wildman–Crippen LogP) is 4.07. The molecule has 0 radical (unpaired) electrons. The van der Waals surface area contributed by atoms with Crippen LogP contribution in [0.25, 0.3) is 0 Å². The van der Waals surface area contributed by atoms with Gasteiger partial charge in [-0.15, -0.1) is 0 Å². The van der Waals surface area contributed by atoms with Crippen molar-refractivity contribution in [1.29, 1.82) is 0 Å². The van der Waals surface area contributed by atoms with Gasteiger partial charge < -0.3 is 14.4 Å². The van der Waals surface area contributed by atoms with Gasteiger partial charge in [-0.1, -0.05) is 6.07 Å². The van der Waals surface area contributed by atoms with E-state index in [4.69, 9.17) is 9.47 Å². The quantitative estimate of drug-likeness (QED) is 0.659. The number of benzene rings is 2. The van der Waals surface area contributed by atoms with Crippen LogP contribution in [0.3, 0.4) is 0 Å². The van der Waals surface area contributed by atoms with Crippen LogP contribution in [0.4, 0.5) is 4.39 Å². The number of methoxy groups -OCH3 is 1. The lowest BCUT2D eigenvalue weighted by molar-refractivity contribution is -0.130. The molecule has 0 aliphatic carbocycles. The van der Waals surface area contributed by atoms with Crippen molar-refractivity contribution in [1.82, 2.24) is 4.90 Å². The first-order chi connectivity index (χ1) is 12.0. The topological polar surface area (TPSA) is 38.8 Å². The van der Waals surface area contributed by atoms with Crippen molar-refractivity contribution < 1.29 is 18.7 Å². The molecule has 134 valence electrons. The van der Waals surface area contributed by atoms with Gasteiger partial charge in [-0.25, -0.2) is 4.39 Å². The Hall–Kier alpha value is -2.08. The molecule has 0 saturated carbocycles. The maximum Gasteiger partial charge on any atom is 0.222 e. The van der Waals surface area contributed by atoms with Crippen molar-refractivity contribution in [2.24, 2.45) is 0 Å². The van der Waals surface area contributed by atoms with Gasteiger partial charge in [0.2, 0.25) is 5.91 Å². The molecule has 0 atom stereocenters. The molecule has 0 unspecified atom stereocenters. The largest absolute Gasteiger partial charge is 0.496 e. The summed E-state index contributed by atoms with van der Waals surface area (Å²) >= 11 is 3.44. The Balaban J connectivity index is 1.74. The number of halogens is 2. The van der Waals surface area contributed by atoms with E-state index in [9.17, 15) is 9.18 Å².